The molecule has 0 unspecified atom stereocenters. The van der Waals surface area contributed by atoms with Crippen LogP contribution in [0.5, 0.6) is 0 Å². The Morgan fingerprint density at radius 1 is 1.42 bits per heavy atom. The number of hydrogen-bond donors (Lipinski definition) is 2. The number of nitrogens with zero attached hydrogens (tertiary/aromatic N) is 3. The van der Waals surface area contributed by atoms with Gasteiger partial charge in [-0.15, -0.1) is 0 Å². The van der Waals surface area contributed by atoms with Gasteiger partial charge in [-0.05, 0) is 25.3 Å². The van der Waals surface area contributed by atoms with E-state index in [9.17, 15) is 0 Å². The zero-order chi connectivity index (χ0) is 13.8. The number of aromatic nitrogens is 2. The molecule has 0 atom stereocenters. The highest BCUT2D eigenvalue weighted by Crippen LogP contribution is 2.27. The minimum atomic E-state index is 0.328. The van der Waals surface area contributed by atoms with Crippen molar-refractivity contribution in [3.63, 3.8) is 0 Å². The minimum Gasteiger partial charge on any atom is -0.383 e. The third-order valence-electron chi connectivity index (χ3n) is 3.65. The molecular weight excluding hydrogens is 238 g/mol. The van der Waals surface area contributed by atoms with Crippen LogP contribution in [0.15, 0.2) is 6.33 Å². The van der Waals surface area contributed by atoms with Crippen LogP contribution >= 0.6 is 0 Å². The third-order valence-corrected chi connectivity index (χ3v) is 3.65. The first-order valence-corrected chi connectivity index (χ1v) is 7.21. The fourth-order valence-corrected chi connectivity index (χ4v) is 2.48. The van der Waals surface area contributed by atoms with Gasteiger partial charge in [0.2, 0.25) is 0 Å². The number of likely N-dealkylation sites (N-methyl/N-ethyl adjacent to an activating group) is 1. The van der Waals surface area contributed by atoms with Crippen molar-refractivity contribution in [3.05, 3.63) is 11.9 Å². The molecule has 0 radical (unpaired) electrons. The fraction of sp³-hybridized carbons (Fsp3) is 0.714. The largest absolute Gasteiger partial charge is 0.383 e. The summed E-state index contributed by atoms with van der Waals surface area (Å²) in [5, 5.41) is 3.41. The van der Waals surface area contributed by atoms with Gasteiger partial charge >= 0.3 is 0 Å². The molecule has 0 bridgehead atoms. The summed E-state index contributed by atoms with van der Waals surface area (Å²) in [6, 6.07) is 0.812. The zero-order valence-corrected chi connectivity index (χ0v) is 12.2. The van der Waals surface area contributed by atoms with E-state index in [4.69, 9.17) is 5.73 Å². The van der Waals surface area contributed by atoms with Crippen molar-refractivity contribution in [1.82, 2.24) is 14.9 Å². The van der Waals surface area contributed by atoms with Gasteiger partial charge in [-0.1, -0.05) is 20.8 Å². The van der Waals surface area contributed by atoms with Crippen LogP contribution in [0.1, 0.15) is 45.1 Å². The molecule has 0 aromatic carbocycles. The number of anilines is 2. The van der Waals surface area contributed by atoms with Gasteiger partial charge in [-0.2, -0.15) is 0 Å². The average molecular weight is 263 g/mol. The molecule has 2 rings (SSSR count). The van der Waals surface area contributed by atoms with Crippen LogP contribution in [0.2, 0.25) is 0 Å². The standard InChI is InChI=1S/C14H25N5/c1-4-19(11-5-6-11)8-7-16-14-12(10(2)3)13(15)17-9-18-14/h9-11H,4-8H2,1-3H3,(H3,15,16,17,18). The molecular formula is C14H25N5. The first-order chi connectivity index (χ1) is 9.13. The Morgan fingerprint density at radius 3 is 2.74 bits per heavy atom. The van der Waals surface area contributed by atoms with Crippen LogP contribution in [-0.2, 0) is 0 Å². The van der Waals surface area contributed by atoms with Crippen molar-refractivity contribution in [2.45, 2.75) is 45.6 Å². The molecule has 0 aliphatic heterocycles. The van der Waals surface area contributed by atoms with E-state index in [2.05, 4.69) is 41.0 Å². The first kappa shape index (κ1) is 14.1. The number of nitrogens with one attached hydrogen (secondary N) is 1. The fourth-order valence-electron chi connectivity index (χ4n) is 2.48. The van der Waals surface area contributed by atoms with Crippen LogP contribution < -0.4 is 11.1 Å². The topological polar surface area (TPSA) is 67.1 Å². The van der Waals surface area contributed by atoms with Crippen molar-refractivity contribution >= 4 is 11.6 Å². The maximum atomic E-state index is 5.94. The van der Waals surface area contributed by atoms with Crippen molar-refractivity contribution < 1.29 is 0 Å². The van der Waals surface area contributed by atoms with Gasteiger partial charge in [0.15, 0.2) is 0 Å². The normalized spacial score (nSPS) is 15.2. The summed E-state index contributed by atoms with van der Waals surface area (Å²) in [5.41, 5.74) is 6.96. The second-order valence-electron chi connectivity index (χ2n) is 5.46. The lowest BCUT2D eigenvalue weighted by atomic mass is 10.0. The number of hydrogen-bond acceptors (Lipinski definition) is 5. The highest BCUT2D eigenvalue weighted by Gasteiger charge is 2.27. The summed E-state index contributed by atoms with van der Waals surface area (Å²) in [6.07, 6.45) is 4.24. The van der Waals surface area contributed by atoms with E-state index in [1.54, 1.807) is 0 Å². The summed E-state index contributed by atoms with van der Waals surface area (Å²) in [6.45, 7) is 9.53. The predicted octanol–water partition coefficient (Wildman–Crippen LogP) is 2.08. The number of nitrogen functional groups attached to an aromatic ring is 1. The molecule has 5 nitrogen and oxygen atoms in total. The van der Waals surface area contributed by atoms with Crippen molar-refractivity contribution in [1.29, 1.82) is 0 Å². The van der Waals surface area contributed by atoms with Crippen LogP contribution in [0.4, 0.5) is 11.6 Å². The molecule has 1 heterocycles. The SMILES string of the molecule is CCN(CCNc1ncnc(N)c1C(C)C)C1CC1. The summed E-state index contributed by atoms with van der Waals surface area (Å²) >= 11 is 0. The van der Waals surface area contributed by atoms with Crippen molar-refractivity contribution in [2.75, 3.05) is 30.7 Å². The second-order valence-corrected chi connectivity index (χ2v) is 5.46. The quantitative estimate of drug-likeness (QED) is 0.788. The molecule has 1 aliphatic rings. The van der Waals surface area contributed by atoms with Crippen molar-refractivity contribution in [3.8, 4) is 0 Å². The number of rotatable bonds is 7. The Kier molecular flexibility index (Phi) is 4.58. The zero-order valence-electron chi connectivity index (χ0n) is 12.2. The lowest BCUT2D eigenvalue weighted by molar-refractivity contribution is 0.289. The Morgan fingerprint density at radius 2 is 2.16 bits per heavy atom. The monoisotopic (exact) mass is 263 g/mol. The molecule has 0 saturated heterocycles. The lowest BCUT2D eigenvalue weighted by Gasteiger charge is -2.21. The average Bonchev–Trinajstić information content (AvgIpc) is 3.18. The molecule has 5 heteroatoms. The summed E-state index contributed by atoms with van der Waals surface area (Å²) in [5.74, 6) is 1.80. The Bertz CT molecular complexity index is 414. The van der Waals surface area contributed by atoms with E-state index in [-0.39, 0.29) is 0 Å². The van der Waals surface area contributed by atoms with E-state index in [0.29, 0.717) is 11.7 Å². The maximum absolute atomic E-state index is 5.94. The van der Waals surface area contributed by atoms with Gasteiger partial charge in [0.05, 0.1) is 0 Å². The molecule has 106 valence electrons. The molecule has 1 aromatic rings. The van der Waals surface area contributed by atoms with Gasteiger partial charge in [0.1, 0.15) is 18.0 Å². The summed E-state index contributed by atoms with van der Waals surface area (Å²) in [7, 11) is 0. The third kappa shape index (κ3) is 3.56. The molecule has 1 fully saturated rings. The van der Waals surface area contributed by atoms with Gasteiger partial charge in [-0.3, -0.25) is 4.90 Å². The smallest absolute Gasteiger partial charge is 0.135 e. The summed E-state index contributed by atoms with van der Waals surface area (Å²) < 4.78 is 0. The Balaban J connectivity index is 1.93. The van der Waals surface area contributed by atoms with Gasteiger partial charge in [0.25, 0.3) is 0 Å². The predicted molar refractivity (Wildman–Crippen MR) is 79.3 cm³/mol. The Labute approximate surface area is 115 Å². The van der Waals surface area contributed by atoms with Gasteiger partial charge in [0, 0.05) is 24.7 Å². The molecule has 0 spiro atoms. The van der Waals surface area contributed by atoms with Crippen molar-refractivity contribution in [2.24, 2.45) is 0 Å². The minimum absolute atomic E-state index is 0.328. The molecule has 1 aromatic heterocycles. The molecule has 1 aliphatic carbocycles. The number of nitrogens with two attached hydrogens (primary N) is 1. The molecule has 0 amide bonds. The highest BCUT2D eigenvalue weighted by atomic mass is 15.2. The molecule has 19 heavy (non-hydrogen) atoms. The van der Waals surface area contributed by atoms with E-state index in [1.165, 1.54) is 19.2 Å². The van der Waals surface area contributed by atoms with E-state index in [1.807, 2.05) is 0 Å². The maximum Gasteiger partial charge on any atom is 0.135 e. The first-order valence-electron chi connectivity index (χ1n) is 7.21. The van der Waals surface area contributed by atoms with Gasteiger partial charge < -0.3 is 11.1 Å². The lowest BCUT2D eigenvalue weighted by Crippen LogP contribution is -2.31. The van der Waals surface area contributed by atoms with Crippen LogP contribution in [0.3, 0.4) is 0 Å². The van der Waals surface area contributed by atoms with E-state index in [0.717, 1.165) is 37.1 Å². The second kappa shape index (κ2) is 6.19. The highest BCUT2D eigenvalue weighted by molar-refractivity contribution is 5.56. The van der Waals surface area contributed by atoms with Crippen LogP contribution in [-0.4, -0.2) is 40.5 Å². The van der Waals surface area contributed by atoms with E-state index < -0.39 is 0 Å². The van der Waals surface area contributed by atoms with Crippen LogP contribution in [0.25, 0.3) is 0 Å². The Hall–Kier alpha value is -1.36. The van der Waals surface area contributed by atoms with Gasteiger partial charge in [-0.25, -0.2) is 9.97 Å². The molecule has 3 N–H and O–H groups in total. The summed E-state index contributed by atoms with van der Waals surface area (Å²) in [4.78, 5) is 10.9. The van der Waals surface area contributed by atoms with Crippen LogP contribution in [0, 0.1) is 0 Å². The van der Waals surface area contributed by atoms with E-state index >= 15 is 0 Å². The molecule has 1 saturated carbocycles.